The molecule has 0 radical (unpaired) electrons. The molecule has 0 spiro atoms. The molecule has 3 aliphatic heterocycles. The van der Waals surface area contributed by atoms with Gasteiger partial charge < -0.3 is 33.9 Å². The van der Waals surface area contributed by atoms with Gasteiger partial charge in [0.05, 0.1) is 18.3 Å². The highest BCUT2D eigenvalue weighted by molar-refractivity contribution is 4.95. The van der Waals surface area contributed by atoms with Gasteiger partial charge in [-0.25, -0.2) is 0 Å². The first-order chi connectivity index (χ1) is 9.51. The summed E-state index contributed by atoms with van der Waals surface area (Å²) in [6, 6.07) is 0. The number of fused-ring (bicyclic) bond motifs is 1. The van der Waals surface area contributed by atoms with Crippen LogP contribution in [0.1, 0.15) is 20.3 Å². The van der Waals surface area contributed by atoms with Crippen LogP contribution in [-0.4, -0.2) is 72.6 Å². The van der Waals surface area contributed by atoms with Gasteiger partial charge in [-0.3, -0.25) is 0 Å². The summed E-state index contributed by atoms with van der Waals surface area (Å²) < 4.78 is 27.5. The zero-order chi connectivity index (χ0) is 14.4. The Hall–Kier alpha value is -0.280. The third kappa shape index (κ3) is 2.59. The van der Waals surface area contributed by atoms with E-state index < -0.39 is 37.0 Å². The highest BCUT2D eigenvalue weighted by atomic mass is 16.8. The molecule has 3 fully saturated rings. The van der Waals surface area contributed by atoms with E-state index in [1.54, 1.807) is 6.92 Å². The Morgan fingerprint density at radius 1 is 1.00 bits per heavy atom. The van der Waals surface area contributed by atoms with Crippen LogP contribution >= 0.6 is 0 Å². The van der Waals surface area contributed by atoms with Crippen molar-refractivity contribution >= 4 is 0 Å². The number of rotatable bonds is 3. The fraction of sp³-hybridized carbons (Fsp3) is 1.00. The summed E-state index contributed by atoms with van der Waals surface area (Å²) in [4.78, 5) is 0. The van der Waals surface area contributed by atoms with Crippen LogP contribution in [0.2, 0.25) is 0 Å². The van der Waals surface area contributed by atoms with Crippen molar-refractivity contribution in [1.29, 1.82) is 0 Å². The standard InChI is InChI=1S/C13H22O7/c1-5-9(14)12(16-3)10(15)13(18-5)20-8-4-7-11(19-7)6(2)17-8/h5-15H,4H2,1-3H3/t5-,6-,7-,8+,9-,10-,11+,12-,13+/m1/s1. The summed E-state index contributed by atoms with van der Waals surface area (Å²) in [7, 11) is 1.44. The molecule has 3 saturated heterocycles. The Morgan fingerprint density at radius 2 is 1.75 bits per heavy atom. The minimum atomic E-state index is -1.07. The van der Waals surface area contributed by atoms with Gasteiger partial charge in [0.1, 0.15) is 24.4 Å². The fourth-order valence-electron chi connectivity index (χ4n) is 2.95. The van der Waals surface area contributed by atoms with E-state index in [4.69, 9.17) is 23.7 Å². The van der Waals surface area contributed by atoms with Crippen molar-refractivity contribution in [2.45, 2.75) is 75.6 Å². The van der Waals surface area contributed by atoms with E-state index in [2.05, 4.69) is 0 Å². The molecule has 0 aromatic carbocycles. The molecule has 3 rings (SSSR count). The van der Waals surface area contributed by atoms with Gasteiger partial charge >= 0.3 is 0 Å². The highest BCUT2D eigenvalue weighted by Gasteiger charge is 2.52. The maximum Gasteiger partial charge on any atom is 0.189 e. The molecule has 0 bridgehead atoms. The van der Waals surface area contributed by atoms with Gasteiger partial charge in [0.2, 0.25) is 0 Å². The second-order valence-electron chi connectivity index (χ2n) is 5.67. The van der Waals surface area contributed by atoms with Crippen LogP contribution in [0.3, 0.4) is 0 Å². The second kappa shape index (κ2) is 5.49. The van der Waals surface area contributed by atoms with Gasteiger partial charge in [-0.15, -0.1) is 0 Å². The Balaban J connectivity index is 1.61. The first kappa shape index (κ1) is 14.6. The smallest absolute Gasteiger partial charge is 0.189 e. The molecule has 0 aliphatic carbocycles. The zero-order valence-corrected chi connectivity index (χ0v) is 11.8. The van der Waals surface area contributed by atoms with Crippen molar-refractivity contribution in [3.05, 3.63) is 0 Å². The van der Waals surface area contributed by atoms with Gasteiger partial charge in [0.25, 0.3) is 0 Å². The molecule has 2 N–H and O–H groups in total. The molecule has 0 aromatic rings. The van der Waals surface area contributed by atoms with Crippen LogP contribution in [0.4, 0.5) is 0 Å². The normalized spacial score (nSPS) is 55.4. The molecule has 20 heavy (non-hydrogen) atoms. The van der Waals surface area contributed by atoms with Crippen molar-refractivity contribution in [2.24, 2.45) is 0 Å². The van der Waals surface area contributed by atoms with Crippen LogP contribution in [0.5, 0.6) is 0 Å². The van der Waals surface area contributed by atoms with Crippen LogP contribution < -0.4 is 0 Å². The number of ether oxygens (including phenoxy) is 5. The molecular formula is C13H22O7. The Kier molecular flexibility index (Phi) is 4.02. The molecular weight excluding hydrogens is 268 g/mol. The largest absolute Gasteiger partial charge is 0.388 e. The van der Waals surface area contributed by atoms with E-state index in [1.165, 1.54) is 7.11 Å². The van der Waals surface area contributed by atoms with Gasteiger partial charge in [-0.05, 0) is 13.8 Å². The number of hydrogen-bond acceptors (Lipinski definition) is 7. The average Bonchev–Trinajstić information content (AvgIpc) is 3.16. The van der Waals surface area contributed by atoms with Crippen molar-refractivity contribution in [3.8, 4) is 0 Å². The average molecular weight is 290 g/mol. The maximum atomic E-state index is 10.2. The molecule has 116 valence electrons. The Bertz CT molecular complexity index is 352. The van der Waals surface area contributed by atoms with Gasteiger partial charge in [-0.1, -0.05) is 0 Å². The highest BCUT2D eigenvalue weighted by Crippen LogP contribution is 2.38. The van der Waals surface area contributed by atoms with E-state index in [-0.39, 0.29) is 18.3 Å². The molecule has 9 atom stereocenters. The fourth-order valence-corrected chi connectivity index (χ4v) is 2.95. The molecule has 7 nitrogen and oxygen atoms in total. The minimum absolute atomic E-state index is 0.0271. The van der Waals surface area contributed by atoms with E-state index in [0.717, 1.165) is 0 Å². The lowest BCUT2D eigenvalue weighted by atomic mass is 10.00. The van der Waals surface area contributed by atoms with Crippen LogP contribution in [0, 0.1) is 0 Å². The number of methoxy groups -OCH3 is 1. The van der Waals surface area contributed by atoms with Crippen molar-refractivity contribution < 1.29 is 33.9 Å². The SMILES string of the molecule is CO[C@H]1[C@@H](O)[C@H](O[C@H]2C[C@H]3O[C@H]3[C@@H](C)O2)O[C@H](C)[C@H]1O. The topological polar surface area (TPSA) is 89.9 Å². The molecule has 3 aliphatic rings. The van der Waals surface area contributed by atoms with E-state index >= 15 is 0 Å². The minimum Gasteiger partial charge on any atom is -0.388 e. The Labute approximate surface area is 117 Å². The lowest BCUT2D eigenvalue weighted by molar-refractivity contribution is -0.340. The molecule has 0 unspecified atom stereocenters. The van der Waals surface area contributed by atoms with E-state index in [1.807, 2.05) is 6.92 Å². The maximum absolute atomic E-state index is 10.2. The first-order valence-electron chi connectivity index (χ1n) is 7.02. The van der Waals surface area contributed by atoms with E-state index in [0.29, 0.717) is 6.42 Å². The number of aliphatic hydroxyl groups excluding tert-OH is 2. The van der Waals surface area contributed by atoms with Crippen molar-refractivity contribution in [1.82, 2.24) is 0 Å². The second-order valence-corrected chi connectivity index (χ2v) is 5.67. The zero-order valence-electron chi connectivity index (χ0n) is 11.8. The number of hydrogen-bond donors (Lipinski definition) is 2. The third-order valence-corrected chi connectivity index (χ3v) is 4.22. The van der Waals surface area contributed by atoms with E-state index in [9.17, 15) is 10.2 Å². The lowest BCUT2D eigenvalue weighted by Crippen LogP contribution is -2.59. The quantitative estimate of drug-likeness (QED) is 0.670. The van der Waals surface area contributed by atoms with Crippen molar-refractivity contribution in [3.63, 3.8) is 0 Å². The lowest BCUT2D eigenvalue weighted by Gasteiger charge is -2.42. The monoisotopic (exact) mass is 290 g/mol. The number of epoxide rings is 1. The van der Waals surface area contributed by atoms with Gasteiger partial charge in [0, 0.05) is 13.5 Å². The van der Waals surface area contributed by atoms with Crippen LogP contribution in [0.15, 0.2) is 0 Å². The van der Waals surface area contributed by atoms with Crippen molar-refractivity contribution in [2.75, 3.05) is 7.11 Å². The van der Waals surface area contributed by atoms with Crippen LogP contribution in [-0.2, 0) is 23.7 Å². The number of aliphatic hydroxyl groups is 2. The summed E-state index contributed by atoms with van der Waals surface area (Å²) >= 11 is 0. The molecule has 3 heterocycles. The first-order valence-corrected chi connectivity index (χ1v) is 7.02. The molecule has 0 aromatic heterocycles. The summed E-state index contributed by atoms with van der Waals surface area (Å²) in [6.07, 6.45) is -3.62. The Morgan fingerprint density at radius 3 is 2.40 bits per heavy atom. The molecule has 0 saturated carbocycles. The van der Waals surface area contributed by atoms with Gasteiger partial charge in [-0.2, -0.15) is 0 Å². The molecule has 0 amide bonds. The summed E-state index contributed by atoms with van der Waals surface area (Å²) in [5.74, 6) is 0. The van der Waals surface area contributed by atoms with Crippen LogP contribution in [0.25, 0.3) is 0 Å². The predicted octanol–water partition coefficient (Wildman–Crippen LogP) is -0.613. The summed E-state index contributed by atoms with van der Waals surface area (Å²) in [5, 5.41) is 20.1. The molecule has 7 heteroatoms. The summed E-state index contributed by atoms with van der Waals surface area (Å²) in [6.45, 7) is 3.64. The third-order valence-electron chi connectivity index (χ3n) is 4.22. The predicted molar refractivity (Wildman–Crippen MR) is 65.8 cm³/mol. The summed E-state index contributed by atoms with van der Waals surface area (Å²) in [5.41, 5.74) is 0. The van der Waals surface area contributed by atoms with Gasteiger partial charge in [0.15, 0.2) is 12.6 Å².